The highest BCUT2D eigenvalue weighted by Crippen LogP contribution is 2.58. The number of aryl methyl sites for hydroxylation is 2. The Labute approximate surface area is 317 Å². The van der Waals surface area contributed by atoms with Crippen molar-refractivity contribution in [3.05, 3.63) is 198 Å². The van der Waals surface area contributed by atoms with Crippen LogP contribution in [0.1, 0.15) is 27.0 Å². The molecule has 0 radical (unpaired) electrons. The second-order valence-electron chi connectivity index (χ2n) is 13.1. The predicted molar refractivity (Wildman–Crippen MR) is 220 cm³/mol. The van der Waals surface area contributed by atoms with Gasteiger partial charge in [-0.2, -0.15) is 0 Å². The van der Waals surface area contributed by atoms with E-state index in [9.17, 15) is 4.79 Å². The molecule has 0 N–H and O–H groups in total. The van der Waals surface area contributed by atoms with Gasteiger partial charge in [0.15, 0.2) is 11.6 Å². The van der Waals surface area contributed by atoms with E-state index in [2.05, 4.69) is 72.8 Å². The Morgan fingerprint density at radius 1 is 0.537 bits per heavy atom. The quantitative estimate of drug-likeness (QED) is 0.0825. The standard InChI is InChI=1S/C48H41FO4P/c1-51-40-26-28-44(45-27-21-36(33-50)30-47(45)52-2)38(32-40)23-18-35-19-24-39(25-20-35)53-48-31-37(22-29-46(48)49)34-54(41-12-6-3-7-13-41,42-14-8-4-9-15-42)43-16-10-5-11-17-43/h3-17,19-22,24-33H,18,23,34H2,1-2H3/q+1. The fourth-order valence-electron chi connectivity index (χ4n) is 7.07. The van der Waals surface area contributed by atoms with Crippen LogP contribution in [0, 0.1) is 5.82 Å². The van der Waals surface area contributed by atoms with E-state index in [1.165, 1.54) is 22.0 Å². The Bertz CT molecular complexity index is 2230. The number of carbonyl (C=O) groups excluding carboxylic acids is 1. The van der Waals surface area contributed by atoms with Crippen molar-refractivity contribution in [2.24, 2.45) is 0 Å². The van der Waals surface area contributed by atoms with Crippen molar-refractivity contribution in [1.29, 1.82) is 0 Å². The Morgan fingerprint density at radius 2 is 1.11 bits per heavy atom. The molecule has 0 aliphatic carbocycles. The maximum atomic E-state index is 15.4. The smallest absolute Gasteiger partial charge is 0.165 e. The summed E-state index contributed by atoms with van der Waals surface area (Å²) in [5, 5.41) is 3.79. The van der Waals surface area contributed by atoms with E-state index in [1.54, 1.807) is 26.4 Å². The minimum atomic E-state index is -2.18. The van der Waals surface area contributed by atoms with Crippen molar-refractivity contribution < 1.29 is 23.4 Å². The largest absolute Gasteiger partial charge is 0.497 e. The minimum Gasteiger partial charge on any atom is -0.497 e. The molecule has 0 aromatic heterocycles. The summed E-state index contributed by atoms with van der Waals surface area (Å²) in [7, 11) is 1.09. The first kappa shape index (κ1) is 36.3. The van der Waals surface area contributed by atoms with Crippen LogP contribution in [0.15, 0.2) is 170 Å². The lowest BCUT2D eigenvalue weighted by atomic mass is 9.93. The monoisotopic (exact) mass is 731 g/mol. The molecule has 4 nitrogen and oxygen atoms in total. The molecular formula is C48H41FO4P+. The Morgan fingerprint density at radius 3 is 1.69 bits per heavy atom. The van der Waals surface area contributed by atoms with Gasteiger partial charge in [-0.1, -0.05) is 84.9 Å². The van der Waals surface area contributed by atoms with Gasteiger partial charge in [0.2, 0.25) is 0 Å². The molecule has 0 atom stereocenters. The summed E-state index contributed by atoms with van der Waals surface area (Å²) in [6.45, 7) is 0. The van der Waals surface area contributed by atoms with Crippen molar-refractivity contribution in [3.8, 4) is 34.1 Å². The van der Waals surface area contributed by atoms with Crippen LogP contribution in [-0.2, 0) is 19.0 Å². The van der Waals surface area contributed by atoms with Crippen molar-refractivity contribution >= 4 is 29.5 Å². The van der Waals surface area contributed by atoms with E-state index in [1.807, 2.05) is 78.9 Å². The van der Waals surface area contributed by atoms with Crippen molar-refractivity contribution in [2.45, 2.75) is 19.0 Å². The average molecular weight is 732 g/mol. The third-order valence-corrected chi connectivity index (χ3v) is 14.2. The number of hydrogen-bond acceptors (Lipinski definition) is 4. The topological polar surface area (TPSA) is 44.8 Å². The molecule has 7 rings (SSSR count). The lowest BCUT2D eigenvalue weighted by molar-refractivity contribution is 0.112. The molecule has 0 saturated heterocycles. The highest BCUT2D eigenvalue weighted by atomic mass is 31.2. The van der Waals surface area contributed by atoms with Gasteiger partial charge in [-0.15, -0.1) is 0 Å². The zero-order valence-electron chi connectivity index (χ0n) is 30.3. The number of ether oxygens (including phenoxy) is 3. The number of halogens is 1. The highest BCUT2D eigenvalue weighted by Gasteiger charge is 2.45. The van der Waals surface area contributed by atoms with Crippen LogP contribution in [0.5, 0.6) is 23.0 Å². The van der Waals surface area contributed by atoms with E-state index >= 15 is 4.39 Å². The van der Waals surface area contributed by atoms with Crippen LogP contribution in [0.2, 0.25) is 0 Å². The SMILES string of the molecule is COc1ccc(-c2ccc(C=O)cc2OC)c(CCc2ccc(Oc3cc(C[P+](c4ccccc4)(c4ccccc4)c4ccccc4)ccc3F)cc2)c1. The van der Waals surface area contributed by atoms with Gasteiger partial charge in [0, 0.05) is 11.1 Å². The van der Waals surface area contributed by atoms with Gasteiger partial charge in [-0.05, 0) is 120 Å². The van der Waals surface area contributed by atoms with E-state index in [4.69, 9.17) is 14.2 Å². The molecule has 0 unspecified atom stereocenters. The zero-order valence-corrected chi connectivity index (χ0v) is 31.2. The second-order valence-corrected chi connectivity index (χ2v) is 16.6. The lowest BCUT2D eigenvalue weighted by Gasteiger charge is -2.28. The fourth-order valence-corrected chi connectivity index (χ4v) is 11.3. The molecule has 0 aliphatic heterocycles. The van der Waals surface area contributed by atoms with Gasteiger partial charge in [-0.3, -0.25) is 4.79 Å². The molecule has 7 aromatic rings. The normalized spacial score (nSPS) is 11.2. The summed E-state index contributed by atoms with van der Waals surface area (Å²) in [5.41, 5.74) is 5.67. The Kier molecular flexibility index (Phi) is 11.3. The number of methoxy groups -OCH3 is 2. The number of rotatable bonds is 14. The molecule has 0 saturated carbocycles. The summed E-state index contributed by atoms with van der Waals surface area (Å²) >= 11 is 0. The molecule has 0 amide bonds. The fraction of sp³-hybridized carbons (Fsp3) is 0.104. The van der Waals surface area contributed by atoms with Crippen molar-refractivity contribution in [1.82, 2.24) is 0 Å². The summed E-state index contributed by atoms with van der Waals surface area (Å²) in [5.74, 6) is 1.75. The third kappa shape index (κ3) is 7.83. The number of aldehydes is 1. The molecular weight excluding hydrogens is 690 g/mol. The zero-order chi connectivity index (χ0) is 37.3. The van der Waals surface area contributed by atoms with Gasteiger partial charge in [0.05, 0.1) is 20.4 Å². The molecule has 6 heteroatoms. The number of carbonyl (C=O) groups is 1. The van der Waals surface area contributed by atoms with Crippen LogP contribution in [0.25, 0.3) is 11.1 Å². The maximum Gasteiger partial charge on any atom is 0.165 e. The molecule has 0 spiro atoms. The van der Waals surface area contributed by atoms with Gasteiger partial charge in [0.25, 0.3) is 0 Å². The van der Waals surface area contributed by atoms with Crippen LogP contribution in [0.3, 0.4) is 0 Å². The van der Waals surface area contributed by atoms with E-state index in [0.717, 1.165) is 52.7 Å². The number of hydrogen-bond donors (Lipinski definition) is 0. The summed E-state index contributed by atoms with van der Waals surface area (Å²) in [6.07, 6.45) is 3.01. The first-order valence-electron chi connectivity index (χ1n) is 17.9. The predicted octanol–water partition coefficient (Wildman–Crippen LogP) is 10.4. The first-order valence-corrected chi connectivity index (χ1v) is 19.9. The van der Waals surface area contributed by atoms with Gasteiger partial charge in [-0.25, -0.2) is 4.39 Å². The molecule has 268 valence electrons. The molecule has 54 heavy (non-hydrogen) atoms. The Hall–Kier alpha value is -6.03. The van der Waals surface area contributed by atoms with Gasteiger partial charge < -0.3 is 14.2 Å². The van der Waals surface area contributed by atoms with Crippen molar-refractivity contribution in [3.63, 3.8) is 0 Å². The van der Waals surface area contributed by atoms with Gasteiger partial charge >= 0.3 is 0 Å². The lowest BCUT2D eigenvalue weighted by Crippen LogP contribution is -2.32. The molecule has 0 fully saturated rings. The molecule has 0 bridgehead atoms. The number of benzene rings is 7. The van der Waals surface area contributed by atoms with Gasteiger partial charge in [0.1, 0.15) is 46.7 Å². The van der Waals surface area contributed by atoms with Crippen molar-refractivity contribution in [2.75, 3.05) is 14.2 Å². The van der Waals surface area contributed by atoms with Crippen LogP contribution in [0.4, 0.5) is 4.39 Å². The Balaban J connectivity index is 1.13. The minimum absolute atomic E-state index is 0.197. The third-order valence-electron chi connectivity index (χ3n) is 9.80. The summed E-state index contributed by atoms with van der Waals surface area (Å²) in [6, 6.07) is 56.6. The first-order chi connectivity index (χ1) is 26.5. The molecule has 0 heterocycles. The van der Waals surface area contributed by atoms with E-state index in [0.29, 0.717) is 23.2 Å². The molecule has 7 aromatic carbocycles. The van der Waals surface area contributed by atoms with Crippen LogP contribution in [-0.4, -0.2) is 20.5 Å². The average Bonchev–Trinajstić information content (AvgIpc) is 3.24. The second kappa shape index (κ2) is 16.8. The molecule has 0 aliphatic rings. The van der Waals surface area contributed by atoms with E-state index < -0.39 is 13.1 Å². The maximum absolute atomic E-state index is 15.4. The van der Waals surface area contributed by atoms with Crippen LogP contribution < -0.4 is 30.1 Å². The van der Waals surface area contributed by atoms with E-state index in [-0.39, 0.29) is 5.75 Å². The summed E-state index contributed by atoms with van der Waals surface area (Å²) < 4.78 is 32.9. The summed E-state index contributed by atoms with van der Waals surface area (Å²) in [4.78, 5) is 11.4. The van der Waals surface area contributed by atoms with Crippen LogP contribution >= 0.6 is 7.26 Å². The highest BCUT2D eigenvalue weighted by molar-refractivity contribution is 7.95.